The topological polar surface area (TPSA) is 61.8 Å². The van der Waals surface area contributed by atoms with Crippen molar-refractivity contribution in [3.05, 3.63) is 18.1 Å². The largest absolute Gasteiger partial charge is 0.378 e. The van der Waals surface area contributed by atoms with Gasteiger partial charge in [-0.25, -0.2) is 4.98 Å². The van der Waals surface area contributed by atoms with Gasteiger partial charge in [0.15, 0.2) is 0 Å². The summed E-state index contributed by atoms with van der Waals surface area (Å²) in [6, 6.07) is 0.517. The van der Waals surface area contributed by atoms with E-state index >= 15 is 0 Å². The summed E-state index contributed by atoms with van der Waals surface area (Å²) in [5.41, 5.74) is 0.444. The van der Waals surface area contributed by atoms with E-state index in [9.17, 15) is 4.79 Å². The molecule has 1 aromatic heterocycles. The molecule has 2 aliphatic heterocycles. The first kappa shape index (κ1) is 19.6. The average molecular weight is 388 g/mol. The van der Waals surface area contributed by atoms with E-state index in [4.69, 9.17) is 9.72 Å². The van der Waals surface area contributed by atoms with Crippen LogP contribution in [0.4, 0.5) is 5.82 Å². The third-order valence-electron chi connectivity index (χ3n) is 6.17. The minimum atomic E-state index is -0.0387. The third-order valence-corrected chi connectivity index (χ3v) is 6.17. The smallest absolute Gasteiger partial charge is 0.274 e. The van der Waals surface area contributed by atoms with Crippen molar-refractivity contribution in [2.75, 3.05) is 57.4 Å². The van der Waals surface area contributed by atoms with Gasteiger partial charge in [-0.15, -0.1) is 0 Å². The lowest BCUT2D eigenvalue weighted by molar-refractivity contribution is 0.0299. The first-order valence-electron chi connectivity index (χ1n) is 10.8. The van der Waals surface area contributed by atoms with Crippen molar-refractivity contribution in [3.63, 3.8) is 0 Å². The van der Waals surface area contributed by atoms with Gasteiger partial charge in [-0.2, -0.15) is 0 Å². The highest BCUT2D eigenvalue weighted by Gasteiger charge is 2.32. The number of ether oxygens (including phenoxy) is 1. The Kier molecular flexibility index (Phi) is 6.11. The fourth-order valence-electron chi connectivity index (χ4n) is 4.30. The molecule has 0 N–H and O–H groups in total. The van der Waals surface area contributed by atoms with Crippen molar-refractivity contribution in [1.82, 2.24) is 19.8 Å². The number of carbonyl (C=O) groups is 1. The van der Waals surface area contributed by atoms with Gasteiger partial charge in [-0.05, 0) is 31.1 Å². The fourth-order valence-corrected chi connectivity index (χ4v) is 4.30. The zero-order valence-electron chi connectivity index (χ0n) is 17.2. The SMILES string of the molecule is CC(C)C1CN(c2cncc(C(=O)N3CCOCC3)n2)CCCN1CC1CC1. The summed E-state index contributed by atoms with van der Waals surface area (Å²) in [5.74, 6) is 2.29. The Bertz CT molecular complexity index is 673. The van der Waals surface area contributed by atoms with Crippen LogP contribution in [0.3, 0.4) is 0 Å². The van der Waals surface area contributed by atoms with E-state index in [1.54, 1.807) is 6.20 Å². The predicted octanol–water partition coefficient (Wildman–Crippen LogP) is 1.90. The first-order valence-corrected chi connectivity index (χ1v) is 10.8. The molecule has 1 saturated carbocycles. The lowest BCUT2D eigenvalue weighted by Crippen LogP contribution is -2.45. The summed E-state index contributed by atoms with van der Waals surface area (Å²) in [7, 11) is 0. The molecular weight excluding hydrogens is 354 g/mol. The molecule has 3 aliphatic rings. The number of aromatic nitrogens is 2. The van der Waals surface area contributed by atoms with Gasteiger partial charge in [0, 0.05) is 45.3 Å². The van der Waals surface area contributed by atoms with E-state index in [0.29, 0.717) is 44.0 Å². The molecule has 1 unspecified atom stereocenters. The Balaban J connectivity index is 1.48. The fraction of sp³-hybridized carbons (Fsp3) is 0.762. The quantitative estimate of drug-likeness (QED) is 0.769. The van der Waals surface area contributed by atoms with E-state index < -0.39 is 0 Å². The van der Waals surface area contributed by atoms with E-state index in [1.165, 1.54) is 19.4 Å². The molecule has 0 bridgehead atoms. The maximum Gasteiger partial charge on any atom is 0.274 e. The van der Waals surface area contributed by atoms with Crippen LogP contribution >= 0.6 is 0 Å². The number of hydrogen-bond donors (Lipinski definition) is 0. The molecule has 7 heteroatoms. The Morgan fingerprint density at radius 1 is 1.18 bits per heavy atom. The molecule has 28 heavy (non-hydrogen) atoms. The predicted molar refractivity (Wildman–Crippen MR) is 109 cm³/mol. The second-order valence-electron chi connectivity index (χ2n) is 8.72. The second-order valence-corrected chi connectivity index (χ2v) is 8.72. The van der Waals surface area contributed by atoms with E-state index in [2.05, 4.69) is 28.6 Å². The lowest BCUT2D eigenvalue weighted by Gasteiger charge is -2.35. The molecule has 154 valence electrons. The Labute approximate surface area is 168 Å². The van der Waals surface area contributed by atoms with Gasteiger partial charge >= 0.3 is 0 Å². The van der Waals surface area contributed by atoms with E-state index in [-0.39, 0.29) is 5.91 Å². The minimum Gasteiger partial charge on any atom is -0.378 e. The zero-order valence-corrected chi connectivity index (χ0v) is 17.2. The molecule has 0 spiro atoms. The highest BCUT2D eigenvalue weighted by atomic mass is 16.5. The molecule has 2 saturated heterocycles. The van der Waals surface area contributed by atoms with Gasteiger partial charge in [0.25, 0.3) is 5.91 Å². The van der Waals surface area contributed by atoms with Gasteiger partial charge in [0.05, 0.1) is 25.6 Å². The molecule has 1 aromatic rings. The van der Waals surface area contributed by atoms with Crippen LogP contribution in [-0.2, 0) is 4.74 Å². The molecule has 4 rings (SSSR count). The number of anilines is 1. The molecule has 7 nitrogen and oxygen atoms in total. The van der Waals surface area contributed by atoms with Crippen LogP contribution < -0.4 is 4.90 Å². The van der Waals surface area contributed by atoms with Gasteiger partial charge in [0.2, 0.25) is 0 Å². The lowest BCUT2D eigenvalue weighted by atomic mass is 10.0. The maximum atomic E-state index is 12.8. The molecule has 0 radical (unpaired) electrons. The van der Waals surface area contributed by atoms with Gasteiger partial charge < -0.3 is 14.5 Å². The summed E-state index contributed by atoms with van der Waals surface area (Å²) < 4.78 is 5.35. The second kappa shape index (κ2) is 8.74. The summed E-state index contributed by atoms with van der Waals surface area (Å²) in [6.07, 6.45) is 7.31. The van der Waals surface area contributed by atoms with Crippen molar-refractivity contribution in [2.24, 2.45) is 11.8 Å². The first-order chi connectivity index (χ1) is 13.6. The standard InChI is InChI=1S/C21H33N5O2/c1-16(2)19-15-26(7-3-6-25(19)14-17-4-5-17)20-13-22-12-18(23-20)21(27)24-8-10-28-11-9-24/h12-13,16-17,19H,3-11,14-15H2,1-2H3. The van der Waals surface area contributed by atoms with Crippen molar-refractivity contribution in [3.8, 4) is 0 Å². The molecule has 0 aromatic carbocycles. The van der Waals surface area contributed by atoms with Crippen LogP contribution in [0.25, 0.3) is 0 Å². The normalized spacial score (nSPS) is 24.5. The van der Waals surface area contributed by atoms with Crippen molar-refractivity contribution >= 4 is 11.7 Å². The van der Waals surface area contributed by atoms with E-state index in [1.807, 2.05) is 11.1 Å². The Morgan fingerprint density at radius 2 is 1.96 bits per heavy atom. The molecular formula is C21H33N5O2. The Hall–Kier alpha value is -1.73. The molecule has 1 aliphatic carbocycles. The molecule has 3 fully saturated rings. The Morgan fingerprint density at radius 3 is 2.68 bits per heavy atom. The number of amides is 1. The maximum absolute atomic E-state index is 12.8. The molecule has 3 heterocycles. The summed E-state index contributed by atoms with van der Waals surface area (Å²) in [4.78, 5) is 28.7. The summed E-state index contributed by atoms with van der Waals surface area (Å²) >= 11 is 0. The monoisotopic (exact) mass is 387 g/mol. The van der Waals surface area contributed by atoms with Crippen molar-refractivity contribution < 1.29 is 9.53 Å². The minimum absolute atomic E-state index is 0.0387. The number of morpholine rings is 1. The van der Waals surface area contributed by atoms with Crippen LogP contribution in [0.15, 0.2) is 12.4 Å². The third kappa shape index (κ3) is 4.63. The number of hydrogen-bond acceptors (Lipinski definition) is 6. The number of carbonyl (C=O) groups excluding carboxylic acids is 1. The van der Waals surface area contributed by atoms with Crippen molar-refractivity contribution in [1.29, 1.82) is 0 Å². The van der Waals surface area contributed by atoms with E-state index in [0.717, 1.165) is 37.8 Å². The highest BCUT2D eigenvalue weighted by molar-refractivity contribution is 5.92. The van der Waals surface area contributed by atoms with Crippen molar-refractivity contribution in [2.45, 2.75) is 39.2 Å². The van der Waals surface area contributed by atoms with Gasteiger partial charge in [0.1, 0.15) is 11.5 Å². The average Bonchev–Trinajstić information content (AvgIpc) is 3.55. The number of rotatable bonds is 5. The number of nitrogens with zero attached hydrogens (tertiary/aromatic N) is 5. The summed E-state index contributed by atoms with van der Waals surface area (Å²) in [5, 5.41) is 0. The van der Waals surface area contributed by atoms with Gasteiger partial charge in [-0.3, -0.25) is 14.7 Å². The zero-order chi connectivity index (χ0) is 19.5. The van der Waals surface area contributed by atoms with Crippen LogP contribution in [0, 0.1) is 11.8 Å². The van der Waals surface area contributed by atoms with Crippen LogP contribution in [0.2, 0.25) is 0 Å². The van der Waals surface area contributed by atoms with Crippen LogP contribution in [-0.4, -0.2) is 84.2 Å². The van der Waals surface area contributed by atoms with Crippen LogP contribution in [0.5, 0.6) is 0 Å². The highest BCUT2D eigenvalue weighted by Crippen LogP contribution is 2.32. The van der Waals surface area contributed by atoms with Gasteiger partial charge in [-0.1, -0.05) is 13.8 Å². The molecule has 1 atom stereocenters. The summed E-state index contributed by atoms with van der Waals surface area (Å²) in [6.45, 7) is 11.4. The van der Waals surface area contributed by atoms with Crippen LogP contribution in [0.1, 0.15) is 43.6 Å². The molecule has 1 amide bonds.